The average Bonchev–Trinajstić information content (AvgIpc) is 3.11. The van der Waals surface area contributed by atoms with Crippen LogP contribution < -0.4 is 0 Å². The van der Waals surface area contributed by atoms with Gasteiger partial charge >= 0.3 is 5.97 Å². The van der Waals surface area contributed by atoms with Crippen LogP contribution >= 0.6 is 0 Å². The third-order valence-corrected chi connectivity index (χ3v) is 7.10. The van der Waals surface area contributed by atoms with E-state index in [1.807, 2.05) is 0 Å². The van der Waals surface area contributed by atoms with Crippen LogP contribution in [0.3, 0.4) is 0 Å². The van der Waals surface area contributed by atoms with Crippen LogP contribution in [0.5, 0.6) is 0 Å². The van der Waals surface area contributed by atoms with Crippen LogP contribution in [0.4, 0.5) is 0 Å². The molecular weight excluding hydrogens is 292 g/mol. The predicted octanol–water partition coefficient (Wildman–Crippen LogP) is 1.58. The van der Waals surface area contributed by atoms with E-state index < -0.39 is 27.1 Å². The van der Waals surface area contributed by atoms with E-state index >= 15 is 0 Å². The molecule has 4 rings (SSSR count). The summed E-state index contributed by atoms with van der Waals surface area (Å²) in [4.78, 5) is 12.3. The van der Waals surface area contributed by atoms with Crippen LogP contribution in [-0.2, 0) is 19.4 Å². The Hall–Kier alpha value is -1.40. The number of rotatable bonds is 2. The smallest absolute Gasteiger partial charge is 0.313 e. The molecule has 0 spiro atoms. The van der Waals surface area contributed by atoms with Crippen molar-refractivity contribution in [2.24, 2.45) is 5.41 Å². The molecule has 1 N–H and O–H groups in total. The summed E-state index contributed by atoms with van der Waals surface area (Å²) in [7, 11) is -3.40. The summed E-state index contributed by atoms with van der Waals surface area (Å²) in [6.45, 7) is 0. The average molecular weight is 308 g/mol. The van der Waals surface area contributed by atoms with Gasteiger partial charge < -0.3 is 9.84 Å². The number of hydrogen-bond donors (Lipinski definition) is 1. The van der Waals surface area contributed by atoms with Gasteiger partial charge in [0.05, 0.1) is 22.9 Å². The molecule has 21 heavy (non-hydrogen) atoms. The molecule has 2 saturated heterocycles. The Balaban J connectivity index is 1.89. The molecule has 0 aromatic heterocycles. The van der Waals surface area contributed by atoms with Gasteiger partial charge in [-0.05, 0) is 30.9 Å². The molecular formula is C15H16O5S. The zero-order chi connectivity index (χ0) is 14.8. The minimum absolute atomic E-state index is 0.0402. The first kappa shape index (κ1) is 13.3. The molecule has 0 radical (unpaired) electrons. The van der Waals surface area contributed by atoms with Crippen molar-refractivity contribution in [1.29, 1.82) is 0 Å². The zero-order valence-electron chi connectivity index (χ0n) is 11.4. The number of carboxylic acid groups (broad SMARTS) is 1. The minimum atomic E-state index is -3.40. The van der Waals surface area contributed by atoms with Crippen molar-refractivity contribution in [1.82, 2.24) is 0 Å². The van der Waals surface area contributed by atoms with Gasteiger partial charge in [0.15, 0.2) is 9.84 Å². The van der Waals surface area contributed by atoms with E-state index in [1.165, 1.54) is 0 Å². The molecule has 4 unspecified atom stereocenters. The van der Waals surface area contributed by atoms with Crippen molar-refractivity contribution >= 4 is 15.8 Å². The van der Waals surface area contributed by atoms with Gasteiger partial charge in [0.1, 0.15) is 5.41 Å². The lowest BCUT2D eigenvalue weighted by atomic mass is 9.64. The highest BCUT2D eigenvalue weighted by molar-refractivity contribution is 7.91. The Bertz CT molecular complexity index is 725. The van der Waals surface area contributed by atoms with E-state index in [0.29, 0.717) is 23.3 Å². The molecule has 0 aliphatic carbocycles. The van der Waals surface area contributed by atoms with Crippen LogP contribution in [-0.4, -0.2) is 37.5 Å². The Morgan fingerprint density at radius 1 is 1.29 bits per heavy atom. The van der Waals surface area contributed by atoms with Crippen LogP contribution in [0.25, 0.3) is 0 Å². The van der Waals surface area contributed by atoms with Crippen molar-refractivity contribution in [2.75, 3.05) is 5.75 Å². The van der Waals surface area contributed by atoms with Crippen molar-refractivity contribution in [3.63, 3.8) is 0 Å². The van der Waals surface area contributed by atoms with Gasteiger partial charge in [0.2, 0.25) is 0 Å². The number of aliphatic carboxylic acids is 1. The summed E-state index contributed by atoms with van der Waals surface area (Å²) in [6.07, 6.45) is 1.59. The molecule has 3 aliphatic heterocycles. The van der Waals surface area contributed by atoms with E-state index in [-0.39, 0.29) is 18.0 Å². The second-order valence-corrected chi connectivity index (χ2v) is 8.25. The Kier molecular flexibility index (Phi) is 2.58. The topological polar surface area (TPSA) is 80.7 Å². The van der Waals surface area contributed by atoms with Gasteiger partial charge in [0.25, 0.3) is 0 Å². The Labute approximate surface area is 122 Å². The molecule has 2 bridgehead atoms. The van der Waals surface area contributed by atoms with Crippen molar-refractivity contribution < 1.29 is 23.1 Å². The third-order valence-electron chi connectivity index (χ3n) is 5.28. The molecule has 1 aromatic carbocycles. The summed E-state index contributed by atoms with van der Waals surface area (Å²) >= 11 is 0. The largest absolute Gasteiger partial charge is 0.481 e. The quantitative estimate of drug-likeness (QED) is 0.897. The summed E-state index contributed by atoms with van der Waals surface area (Å²) < 4.78 is 30.5. The molecule has 5 nitrogen and oxygen atoms in total. The highest BCUT2D eigenvalue weighted by Crippen LogP contribution is 2.58. The lowest BCUT2D eigenvalue weighted by Gasteiger charge is -2.36. The van der Waals surface area contributed by atoms with Gasteiger partial charge in [0, 0.05) is 5.92 Å². The lowest BCUT2D eigenvalue weighted by Crippen LogP contribution is -2.46. The maximum absolute atomic E-state index is 12.4. The van der Waals surface area contributed by atoms with E-state index in [9.17, 15) is 18.3 Å². The van der Waals surface area contributed by atoms with E-state index in [2.05, 4.69) is 0 Å². The molecule has 0 amide bonds. The van der Waals surface area contributed by atoms with Crippen molar-refractivity contribution in [2.45, 2.75) is 42.3 Å². The van der Waals surface area contributed by atoms with Gasteiger partial charge in [-0.25, -0.2) is 8.42 Å². The monoisotopic (exact) mass is 308 g/mol. The number of carboxylic acids is 1. The van der Waals surface area contributed by atoms with Crippen LogP contribution in [0.1, 0.15) is 30.7 Å². The summed E-state index contributed by atoms with van der Waals surface area (Å²) in [5.41, 5.74) is -0.446. The maximum Gasteiger partial charge on any atom is 0.313 e. The zero-order valence-corrected chi connectivity index (χ0v) is 12.2. The first-order valence-electron chi connectivity index (χ1n) is 7.16. The molecule has 2 fully saturated rings. The SMILES string of the molecule is O=C(O)C1(C2CS(=O)(=O)c3ccccc32)CC2CCC1O2. The molecule has 112 valence electrons. The van der Waals surface area contributed by atoms with Gasteiger partial charge in [-0.1, -0.05) is 18.2 Å². The van der Waals surface area contributed by atoms with Gasteiger partial charge in [-0.15, -0.1) is 0 Å². The van der Waals surface area contributed by atoms with Crippen molar-refractivity contribution in [3.8, 4) is 0 Å². The highest BCUT2D eigenvalue weighted by atomic mass is 32.2. The maximum atomic E-state index is 12.4. The highest BCUT2D eigenvalue weighted by Gasteiger charge is 2.63. The number of fused-ring (bicyclic) bond motifs is 3. The molecule has 3 aliphatic rings. The number of carbonyl (C=O) groups is 1. The fourth-order valence-corrected chi connectivity index (χ4v) is 6.31. The molecule has 4 atom stereocenters. The summed E-state index contributed by atoms with van der Waals surface area (Å²) in [6, 6.07) is 6.79. The second-order valence-electron chi connectivity index (χ2n) is 6.25. The van der Waals surface area contributed by atoms with Crippen LogP contribution in [0.2, 0.25) is 0 Å². The Morgan fingerprint density at radius 2 is 2.05 bits per heavy atom. The first-order valence-corrected chi connectivity index (χ1v) is 8.81. The third kappa shape index (κ3) is 1.60. The number of hydrogen-bond acceptors (Lipinski definition) is 4. The number of benzene rings is 1. The second kappa shape index (κ2) is 4.08. The number of ether oxygens (including phenoxy) is 1. The summed E-state index contributed by atoms with van der Waals surface area (Å²) in [5, 5.41) is 9.87. The van der Waals surface area contributed by atoms with E-state index in [0.717, 1.165) is 6.42 Å². The van der Waals surface area contributed by atoms with Crippen molar-refractivity contribution in [3.05, 3.63) is 29.8 Å². The van der Waals surface area contributed by atoms with Gasteiger partial charge in [-0.3, -0.25) is 4.79 Å². The van der Waals surface area contributed by atoms with E-state index in [1.54, 1.807) is 24.3 Å². The number of sulfone groups is 1. The van der Waals surface area contributed by atoms with Crippen LogP contribution in [0.15, 0.2) is 29.2 Å². The molecule has 1 aromatic rings. The minimum Gasteiger partial charge on any atom is -0.481 e. The fourth-order valence-electron chi connectivity index (χ4n) is 4.36. The first-order chi connectivity index (χ1) is 9.95. The normalized spacial score (nSPS) is 39.3. The molecule has 6 heteroatoms. The predicted molar refractivity (Wildman–Crippen MR) is 73.8 cm³/mol. The summed E-state index contributed by atoms with van der Waals surface area (Å²) in [5.74, 6) is -1.55. The standard InChI is InChI=1S/C15H16O5S/c16-14(17)15(7-9-5-6-13(15)20-9)11-8-21(18,19)12-4-2-1-3-10(11)12/h1-4,9,11,13H,5-8H2,(H,16,17). The lowest BCUT2D eigenvalue weighted by molar-refractivity contribution is -0.153. The van der Waals surface area contributed by atoms with Crippen LogP contribution in [0, 0.1) is 5.41 Å². The Morgan fingerprint density at radius 3 is 2.67 bits per heavy atom. The molecule has 3 heterocycles. The van der Waals surface area contributed by atoms with E-state index in [4.69, 9.17) is 4.74 Å². The van der Waals surface area contributed by atoms with Gasteiger partial charge in [-0.2, -0.15) is 0 Å². The molecule has 0 saturated carbocycles. The fraction of sp³-hybridized carbons (Fsp3) is 0.533.